The highest BCUT2D eigenvalue weighted by Gasteiger charge is 2.09. The molecule has 0 spiro atoms. The van der Waals surface area contributed by atoms with Crippen molar-refractivity contribution in [3.05, 3.63) is 65.1 Å². The molecule has 2 nitrogen and oxygen atoms in total. The predicted octanol–water partition coefficient (Wildman–Crippen LogP) is 4.72. The summed E-state index contributed by atoms with van der Waals surface area (Å²) in [6.45, 7) is 7.93. The van der Waals surface area contributed by atoms with Gasteiger partial charge in [0.05, 0.1) is 0 Å². The summed E-state index contributed by atoms with van der Waals surface area (Å²) in [5.74, 6) is 0. The molecule has 1 aromatic heterocycles. The fraction of sp³-hybridized carbons (Fsp3) is 0.211. The lowest BCUT2D eigenvalue weighted by Gasteiger charge is -2.07. The van der Waals surface area contributed by atoms with Crippen LogP contribution in [0.5, 0.6) is 0 Å². The number of hydrogen-bond donors (Lipinski definition) is 1. The van der Waals surface area contributed by atoms with E-state index >= 15 is 0 Å². The highest BCUT2D eigenvalue weighted by Crippen LogP contribution is 2.32. The van der Waals surface area contributed by atoms with Crippen molar-refractivity contribution in [1.29, 1.82) is 0 Å². The van der Waals surface area contributed by atoms with Crippen molar-refractivity contribution in [3.8, 4) is 0 Å². The van der Waals surface area contributed by atoms with Gasteiger partial charge < -0.3 is 5.73 Å². The van der Waals surface area contributed by atoms with Gasteiger partial charge in [-0.2, -0.15) is 0 Å². The fourth-order valence-corrected chi connectivity index (χ4v) is 3.13. The summed E-state index contributed by atoms with van der Waals surface area (Å²) in [6.07, 6.45) is 5.62. The van der Waals surface area contributed by atoms with Crippen LogP contribution in [-0.2, 0) is 4.79 Å². The second kappa shape index (κ2) is 7.34. The average Bonchev–Trinajstić information content (AvgIpc) is 2.94. The first-order valence-electron chi connectivity index (χ1n) is 7.36. The van der Waals surface area contributed by atoms with Crippen LogP contribution in [0.15, 0.2) is 60.2 Å². The molecule has 2 rings (SSSR count). The third kappa shape index (κ3) is 3.81. The number of carbonyl (C=O) groups excluding carboxylic acids is 1. The van der Waals surface area contributed by atoms with Gasteiger partial charge in [0.2, 0.25) is 0 Å². The molecule has 2 aromatic rings. The van der Waals surface area contributed by atoms with Crippen LogP contribution in [0.2, 0.25) is 0 Å². The monoisotopic (exact) mass is 311 g/mol. The summed E-state index contributed by atoms with van der Waals surface area (Å²) in [4.78, 5) is 12.4. The van der Waals surface area contributed by atoms with Gasteiger partial charge in [-0.3, -0.25) is 4.79 Å². The minimum atomic E-state index is -0.287. The van der Waals surface area contributed by atoms with Crippen LogP contribution in [0.1, 0.15) is 25.1 Å². The van der Waals surface area contributed by atoms with Crippen molar-refractivity contribution in [2.24, 2.45) is 5.73 Å². The van der Waals surface area contributed by atoms with Gasteiger partial charge in [0.1, 0.15) is 6.29 Å². The van der Waals surface area contributed by atoms with Crippen LogP contribution >= 0.6 is 11.3 Å². The van der Waals surface area contributed by atoms with E-state index in [1.165, 1.54) is 10.1 Å². The Morgan fingerprint density at radius 1 is 1.36 bits per heavy atom. The van der Waals surface area contributed by atoms with Gasteiger partial charge in [0.25, 0.3) is 0 Å². The van der Waals surface area contributed by atoms with E-state index in [-0.39, 0.29) is 6.04 Å². The van der Waals surface area contributed by atoms with E-state index in [0.29, 0.717) is 5.57 Å². The molecule has 0 fully saturated rings. The van der Waals surface area contributed by atoms with Crippen LogP contribution in [0, 0.1) is 0 Å². The molecule has 114 valence electrons. The average molecular weight is 311 g/mol. The van der Waals surface area contributed by atoms with E-state index in [4.69, 9.17) is 5.73 Å². The summed E-state index contributed by atoms with van der Waals surface area (Å²) >= 11 is 1.71. The Labute approximate surface area is 135 Å². The van der Waals surface area contributed by atoms with Gasteiger partial charge in [-0.15, -0.1) is 11.3 Å². The van der Waals surface area contributed by atoms with Crippen molar-refractivity contribution in [1.82, 2.24) is 0 Å². The minimum absolute atomic E-state index is 0.287. The number of rotatable bonds is 6. The number of thiophene rings is 1. The quantitative estimate of drug-likeness (QED) is 0.476. The van der Waals surface area contributed by atoms with Crippen LogP contribution in [0.4, 0.5) is 0 Å². The molecule has 22 heavy (non-hydrogen) atoms. The molecule has 1 aromatic carbocycles. The Balaban J connectivity index is 2.55. The van der Waals surface area contributed by atoms with Crippen molar-refractivity contribution in [3.63, 3.8) is 0 Å². The zero-order valence-electron chi connectivity index (χ0n) is 13.0. The van der Waals surface area contributed by atoms with E-state index in [2.05, 4.69) is 31.7 Å². The molecule has 0 aliphatic heterocycles. The summed E-state index contributed by atoms with van der Waals surface area (Å²) in [7, 11) is 0. The van der Waals surface area contributed by atoms with Crippen LogP contribution in [0.3, 0.4) is 0 Å². The summed E-state index contributed by atoms with van der Waals surface area (Å²) < 4.78 is 1.23. The lowest BCUT2D eigenvalue weighted by atomic mass is 10.0. The molecular weight excluding hydrogens is 290 g/mol. The maximum Gasteiger partial charge on any atom is 0.147 e. The first-order valence-corrected chi connectivity index (χ1v) is 8.17. The standard InChI is InChI=1S/C19H21NOS/c1-4-13(2)9-16(10-17(12-21)14(3)20)19-11-15-7-5-6-8-18(15)22-19/h5-12,14H,2,4,20H2,1,3H3/b16-9+,17-10-. The van der Waals surface area contributed by atoms with Crippen LogP contribution in [0.25, 0.3) is 15.7 Å². The lowest BCUT2D eigenvalue weighted by Crippen LogP contribution is -2.18. The van der Waals surface area contributed by atoms with E-state index in [9.17, 15) is 4.79 Å². The van der Waals surface area contributed by atoms with E-state index in [1.54, 1.807) is 11.3 Å². The predicted molar refractivity (Wildman–Crippen MR) is 97.0 cm³/mol. The molecule has 0 radical (unpaired) electrons. The van der Waals surface area contributed by atoms with Crippen molar-refractivity contribution in [2.45, 2.75) is 26.3 Å². The maximum absolute atomic E-state index is 11.2. The molecule has 0 amide bonds. The zero-order valence-corrected chi connectivity index (χ0v) is 13.8. The molecule has 0 saturated heterocycles. The topological polar surface area (TPSA) is 43.1 Å². The molecule has 0 saturated carbocycles. The Kier molecular flexibility index (Phi) is 5.47. The van der Waals surface area contributed by atoms with Gasteiger partial charge in [-0.25, -0.2) is 0 Å². The maximum atomic E-state index is 11.2. The van der Waals surface area contributed by atoms with Gasteiger partial charge in [-0.05, 0) is 42.5 Å². The molecule has 1 heterocycles. The summed E-state index contributed by atoms with van der Waals surface area (Å²) in [6, 6.07) is 10.1. The van der Waals surface area contributed by atoms with E-state index in [0.717, 1.165) is 28.7 Å². The number of aldehydes is 1. The third-order valence-corrected chi connectivity index (χ3v) is 4.67. The normalized spacial score (nSPS) is 14.1. The molecule has 0 aliphatic rings. The molecule has 0 aliphatic carbocycles. The number of benzene rings is 1. The van der Waals surface area contributed by atoms with Gasteiger partial charge in [-0.1, -0.05) is 43.4 Å². The molecule has 1 atom stereocenters. The molecular formula is C19H21NOS. The number of nitrogens with two attached hydrogens (primary N) is 1. The lowest BCUT2D eigenvalue weighted by molar-refractivity contribution is -0.105. The van der Waals surface area contributed by atoms with Gasteiger partial charge in [0, 0.05) is 21.2 Å². The third-order valence-electron chi connectivity index (χ3n) is 3.51. The summed E-state index contributed by atoms with van der Waals surface area (Å²) in [5, 5.41) is 1.21. The first-order chi connectivity index (χ1) is 10.5. The number of carbonyl (C=O) groups is 1. The molecule has 0 bridgehead atoms. The highest BCUT2D eigenvalue weighted by atomic mass is 32.1. The Hall–Kier alpha value is -1.97. The zero-order chi connectivity index (χ0) is 16.1. The molecule has 2 N–H and O–H groups in total. The minimum Gasteiger partial charge on any atom is -0.324 e. The molecule has 1 unspecified atom stereocenters. The van der Waals surface area contributed by atoms with Crippen molar-refractivity contribution >= 4 is 33.3 Å². The highest BCUT2D eigenvalue weighted by molar-refractivity contribution is 7.20. The van der Waals surface area contributed by atoms with Gasteiger partial charge in [0.15, 0.2) is 0 Å². The second-order valence-corrected chi connectivity index (χ2v) is 6.39. The van der Waals surface area contributed by atoms with Crippen LogP contribution < -0.4 is 5.73 Å². The Morgan fingerprint density at radius 3 is 2.68 bits per heavy atom. The largest absolute Gasteiger partial charge is 0.324 e. The van der Waals surface area contributed by atoms with E-state index < -0.39 is 0 Å². The van der Waals surface area contributed by atoms with E-state index in [1.807, 2.05) is 31.2 Å². The number of fused-ring (bicyclic) bond motifs is 1. The van der Waals surface area contributed by atoms with Crippen LogP contribution in [-0.4, -0.2) is 12.3 Å². The Morgan fingerprint density at radius 2 is 2.09 bits per heavy atom. The summed E-state index contributed by atoms with van der Waals surface area (Å²) in [5.41, 5.74) is 8.48. The second-order valence-electron chi connectivity index (χ2n) is 5.31. The van der Waals surface area contributed by atoms with Gasteiger partial charge >= 0.3 is 0 Å². The number of allylic oxidation sites excluding steroid dienone is 4. The van der Waals surface area contributed by atoms with Crippen molar-refractivity contribution < 1.29 is 4.79 Å². The molecule has 3 heteroatoms. The fourth-order valence-electron chi connectivity index (χ4n) is 2.08. The van der Waals surface area contributed by atoms with Crippen molar-refractivity contribution in [2.75, 3.05) is 0 Å². The first kappa shape index (κ1) is 16.4. The SMILES string of the molecule is C=C(/C=C(\C=C(\C=O)C(C)N)c1cc2ccccc2s1)CC. The number of hydrogen-bond acceptors (Lipinski definition) is 3. The smallest absolute Gasteiger partial charge is 0.147 e. The Bertz CT molecular complexity index is 717.